The Hall–Kier alpha value is -2.30. The van der Waals surface area contributed by atoms with Crippen molar-refractivity contribution in [2.75, 3.05) is 11.9 Å². The summed E-state index contributed by atoms with van der Waals surface area (Å²) in [6.45, 7) is 2.61. The first kappa shape index (κ1) is 12.7. The molecule has 104 valence electrons. The minimum absolute atomic E-state index is 0.0395. The molecule has 3 N–H and O–H groups in total. The van der Waals surface area contributed by atoms with E-state index in [1.807, 2.05) is 19.1 Å². The van der Waals surface area contributed by atoms with E-state index in [0.717, 1.165) is 17.9 Å². The van der Waals surface area contributed by atoms with Crippen LogP contribution in [0.25, 0.3) is 0 Å². The van der Waals surface area contributed by atoms with Crippen molar-refractivity contribution < 1.29 is 4.79 Å². The van der Waals surface area contributed by atoms with Crippen LogP contribution in [0.4, 0.5) is 5.69 Å². The van der Waals surface area contributed by atoms with Gasteiger partial charge in [-0.05, 0) is 25.0 Å². The third-order valence-corrected chi connectivity index (χ3v) is 3.68. The maximum atomic E-state index is 12.3. The normalized spacial score (nSPS) is 18.8. The van der Waals surface area contributed by atoms with Crippen molar-refractivity contribution in [1.82, 2.24) is 15.3 Å². The maximum Gasteiger partial charge on any atom is 0.225 e. The second-order valence-electron chi connectivity index (χ2n) is 5.14. The van der Waals surface area contributed by atoms with Crippen LogP contribution >= 0.6 is 0 Å². The van der Waals surface area contributed by atoms with E-state index in [-0.39, 0.29) is 17.9 Å². The smallest absolute Gasteiger partial charge is 0.225 e. The first-order valence-corrected chi connectivity index (χ1v) is 6.85. The number of aromatic amines is 1. The number of amides is 1. The Kier molecular flexibility index (Phi) is 3.41. The quantitative estimate of drug-likeness (QED) is 0.797. The molecule has 0 fully saturated rings. The maximum absolute atomic E-state index is 12.3. The predicted octanol–water partition coefficient (Wildman–Crippen LogP) is 1.87. The lowest BCUT2D eigenvalue weighted by molar-refractivity contribution is -0.125. The Bertz CT molecular complexity index is 594. The van der Waals surface area contributed by atoms with Crippen molar-refractivity contribution in [1.29, 1.82) is 0 Å². The van der Waals surface area contributed by atoms with Gasteiger partial charge in [0.2, 0.25) is 5.91 Å². The van der Waals surface area contributed by atoms with Crippen LogP contribution in [0.2, 0.25) is 0 Å². The summed E-state index contributed by atoms with van der Waals surface area (Å²) in [7, 11) is 0. The van der Waals surface area contributed by atoms with Gasteiger partial charge in [0.15, 0.2) is 0 Å². The number of nitrogens with one attached hydrogen (secondary N) is 3. The molecule has 0 spiro atoms. The highest BCUT2D eigenvalue weighted by Crippen LogP contribution is 2.24. The summed E-state index contributed by atoms with van der Waals surface area (Å²) < 4.78 is 0. The van der Waals surface area contributed by atoms with Crippen LogP contribution < -0.4 is 10.6 Å². The zero-order valence-electron chi connectivity index (χ0n) is 11.4. The number of benzene rings is 1. The van der Waals surface area contributed by atoms with Crippen LogP contribution in [-0.2, 0) is 11.2 Å². The summed E-state index contributed by atoms with van der Waals surface area (Å²) in [6.07, 6.45) is 4.23. The fraction of sp³-hybridized carbons (Fsp3) is 0.333. The minimum Gasteiger partial charge on any atom is -0.384 e. The molecule has 5 heteroatoms. The second kappa shape index (κ2) is 5.36. The van der Waals surface area contributed by atoms with Crippen LogP contribution in [0.3, 0.4) is 0 Å². The fourth-order valence-corrected chi connectivity index (χ4v) is 2.54. The molecule has 2 heterocycles. The van der Waals surface area contributed by atoms with Crippen LogP contribution in [0.5, 0.6) is 0 Å². The molecule has 1 aromatic carbocycles. The van der Waals surface area contributed by atoms with Gasteiger partial charge in [-0.1, -0.05) is 18.2 Å². The largest absolute Gasteiger partial charge is 0.384 e. The Morgan fingerprint density at radius 2 is 2.30 bits per heavy atom. The molecule has 3 rings (SSSR count). The van der Waals surface area contributed by atoms with Gasteiger partial charge in [0.1, 0.15) is 5.82 Å². The highest BCUT2D eigenvalue weighted by molar-refractivity contribution is 5.81. The van der Waals surface area contributed by atoms with Crippen molar-refractivity contribution >= 4 is 11.6 Å². The Morgan fingerprint density at radius 3 is 3.10 bits per heavy atom. The number of carbonyl (C=O) groups is 1. The van der Waals surface area contributed by atoms with Crippen molar-refractivity contribution in [3.63, 3.8) is 0 Å². The zero-order valence-corrected chi connectivity index (χ0v) is 11.4. The van der Waals surface area contributed by atoms with Crippen LogP contribution in [0.1, 0.15) is 24.4 Å². The van der Waals surface area contributed by atoms with Crippen LogP contribution in [0.15, 0.2) is 36.7 Å². The summed E-state index contributed by atoms with van der Waals surface area (Å²) in [5, 5.41) is 6.33. The molecule has 2 aromatic rings. The van der Waals surface area contributed by atoms with Crippen molar-refractivity contribution in [2.45, 2.75) is 19.4 Å². The highest BCUT2D eigenvalue weighted by Gasteiger charge is 2.25. The number of hydrogen-bond donors (Lipinski definition) is 3. The van der Waals surface area contributed by atoms with Crippen LogP contribution in [0, 0.1) is 5.92 Å². The van der Waals surface area contributed by atoms with E-state index < -0.39 is 0 Å². The molecule has 1 amide bonds. The highest BCUT2D eigenvalue weighted by atomic mass is 16.2. The van der Waals surface area contributed by atoms with Gasteiger partial charge >= 0.3 is 0 Å². The molecular formula is C15H18N4O. The minimum atomic E-state index is -0.102. The molecule has 5 nitrogen and oxygen atoms in total. The second-order valence-corrected chi connectivity index (χ2v) is 5.14. The number of anilines is 1. The van der Waals surface area contributed by atoms with E-state index in [1.54, 1.807) is 12.4 Å². The van der Waals surface area contributed by atoms with E-state index in [4.69, 9.17) is 0 Å². The summed E-state index contributed by atoms with van der Waals surface area (Å²) in [4.78, 5) is 19.5. The van der Waals surface area contributed by atoms with Gasteiger partial charge in [0.05, 0.1) is 12.0 Å². The summed E-state index contributed by atoms with van der Waals surface area (Å²) in [5.74, 6) is 0.806. The Labute approximate surface area is 117 Å². The van der Waals surface area contributed by atoms with Gasteiger partial charge in [-0.2, -0.15) is 0 Å². The molecule has 1 aliphatic heterocycles. The van der Waals surface area contributed by atoms with E-state index in [2.05, 4.69) is 32.7 Å². The molecule has 0 radical (unpaired) electrons. The summed E-state index contributed by atoms with van der Waals surface area (Å²) >= 11 is 0. The average molecular weight is 270 g/mol. The van der Waals surface area contributed by atoms with Gasteiger partial charge < -0.3 is 15.6 Å². The van der Waals surface area contributed by atoms with Gasteiger partial charge in [-0.25, -0.2) is 4.98 Å². The third-order valence-electron chi connectivity index (χ3n) is 3.68. The molecule has 1 aliphatic rings. The Balaban J connectivity index is 1.64. The van der Waals surface area contributed by atoms with E-state index >= 15 is 0 Å². The van der Waals surface area contributed by atoms with Gasteiger partial charge in [-0.3, -0.25) is 4.79 Å². The van der Waals surface area contributed by atoms with E-state index in [1.165, 1.54) is 5.56 Å². The fourth-order valence-electron chi connectivity index (χ4n) is 2.54. The number of aromatic nitrogens is 2. The van der Waals surface area contributed by atoms with Crippen molar-refractivity contribution in [3.8, 4) is 0 Å². The molecule has 0 aliphatic carbocycles. The molecule has 2 unspecified atom stereocenters. The zero-order chi connectivity index (χ0) is 13.9. The monoisotopic (exact) mass is 270 g/mol. The van der Waals surface area contributed by atoms with Crippen molar-refractivity contribution in [3.05, 3.63) is 48.0 Å². The molecule has 20 heavy (non-hydrogen) atoms. The number of carbonyl (C=O) groups excluding carboxylic acids is 1. The van der Waals surface area contributed by atoms with Gasteiger partial charge in [0, 0.05) is 24.6 Å². The molecule has 0 saturated heterocycles. The average Bonchev–Trinajstić information content (AvgIpc) is 3.01. The van der Waals surface area contributed by atoms with Crippen molar-refractivity contribution in [2.24, 2.45) is 5.92 Å². The standard InChI is InChI=1S/C15H18N4O/c1-10(14-16-6-7-17-14)19-15(20)12-8-11-4-2-3-5-13(11)18-9-12/h2-7,10,12,18H,8-9H2,1H3,(H,16,17)(H,19,20). The number of nitrogens with zero attached hydrogens (tertiary/aromatic N) is 1. The summed E-state index contributed by atoms with van der Waals surface area (Å²) in [6, 6.07) is 8.03. The number of H-pyrrole nitrogens is 1. The first-order chi connectivity index (χ1) is 9.74. The Morgan fingerprint density at radius 1 is 1.45 bits per heavy atom. The third kappa shape index (κ3) is 2.52. The molecule has 2 atom stereocenters. The SMILES string of the molecule is CC(NC(=O)C1CNc2ccccc2C1)c1ncc[nH]1. The molecule has 0 saturated carbocycles. The van der Waals surface area contributed by atoms with Gasteiger partial charge in [-0.15, -0.1) is 0 Å². The van der Waals surface area contributed by atoms with E-state index in [0.29, 0.717) is 6.54 Å². The number of para-hydroxylation sites is 1. The molecule has 1 aromatic heterocycles. The number of hydrogen-bond acceptors (Lipinski definition) is 3. The lowest BCUT2D eigenvalue weighted by Gasteiger charge is -2.26. The summed E-state index contributed by atoms with van der Waals surface area (Å²) in [5.41, 5.74) is 2.33. The number of imidazole rings is 1. The van der Waals surface area contributed by atoms with Crippen LogP contribution in [-0.4, -0.2) is 22.4 Å². The topological polar surface area (TPSA) is 69.8 Å². The number of rotatable bonds is 3. The molecule has 0 bridgehead atoms. The predicted molar refractivity (Wildman–Crippen MR) is 77.3 cm³/mol. The van der Waals surface area contributed by atoms with Gasteiger partial charge in [0.25, 0.3) is 0 Å². The molecular weight excluding hydrogens is 252 g/mol. The lowest BCUT2D eigenvalue weighted by Crippen LogP contribution is -2.39. The first-order valence-electron chi connectivity index (χ1n) is 6.85. The lowest BCUT2D eigenvalue weighted by atomic mass is 9.93. The van der Waals surface area contributed by atoms with E-state index in [9.17, 15) is 4.79 Å². The number of fused-ring (bicyclic) bond motifs is 1.